The Morgan fingerprint density at radius 3 is 2.58 bits per heavy atom. The molecule has 1 aromatic heterocycles. The van der Waals surface area contributed by atoms with Crippen LogP contribution in [0.2, 0.25) is 0 Å². The fourth-order valence-corrected chi connectivity index (χ4v) is 1.94. The molecule has 0 aliphatic carbocycles. The molecule has 68 valence electrons. The fraction of sp³-hybridized carbons (Fsp3) is 0.500. The van der Waals surface area contributed by atoms with Gasteiger partial charge in [-0.25, -0.2) is 0 Å². The summed E-state index contributed by atoms with van der Waals surface area (Å²) in [7, 11) is 1.94. The lowest BCUT2D eigenvalue weighted by Gasteiger charge is -2.06. The zero-order valence-corrected chi connectivity index (χ0v) is 8.19. The third-order valence-corrected chi connectivity index (χ3v) is 3.02. The first-order valence-electron chi connectivity index (χ1n) is 3.92. The quantitative estimate of drug-likeness (QED) is 0.614. The topological polar surface area (TPSA) is 64.1 Å². The lowest BCUT2D eigenvalue weighted by atomic mass is 10.2. The van der Waals surface area contributed by atoms with Crippen molar-refractivity contribution in [1.29, 1.82) is 0 Å². The standard InChI is InChI=1S/C8H15N3S/c1-5(11-2)7-3-6(4-12-7)8(9)10/h3-5,8,11H,9-10H2,1-2H3/t5-/m1/s1. The van der Waals surface area contributed by atoms with Crippen molar-refractivity contribution in [1.82, 2.24) is 5.32 Å². The van der Waals surface area contributed by atoms with Crippen molar-refractivity contribution in [2.75, 3.05) is 7.05 Å². The van der Waals surface area contributed by atoms with Crippen molar-refractivity contribution in [3.8, 4) is 0 Å². The van der Waals surface area contributed by atoms with Crippen LogP contribution in [-0.2, 0) is 0 Å². The van der Waals surface area contributed by atoms with Crippen LogP contribution in [-0.4, -0.2) is 7.05 Å². The molecule has 0 fully saturated rings. The maximum atomic E-state index is 5.53. The fourth-order valence-electron chi connectivity index (χ4n) is 0.913. The number of nitrogens with one attached hydrogen (secondary N) is 1. The van der Waals surface area contributed by atoms with E-state index in [0.717, 1.165) is 5.56 Å². The van der Waals surface area contributed by atoms with E-state index >= 15 is 0 Å². The van der Waals surface area contributed by atoms with E-state index in [9.17, 15) is 0 Å². The second-order valence-electron chi connectivity index (χ2n) is 2.82. The van der Waals surface area contributed by atoms with Crippen LogP contribution < -0.4 is 16.8 Å². The lowest BCUT2D eigenvalue weighted by molar-refractivity contribution is 0.662. The summed E-state index contributed by atoms with van der Waals surface area (Å²) in [6.07, 6.45) is -0.348. The van der Waals surface area contributed by atoms with Crippen LogP contribution in [0.3, 0.4) is 0 Å². The van der Waals surface area contributed by atoms with Crippen molar-refractivity contribution in [2.24, 2.45) is 11.5 Å². The molecule has 1 atom stereocenters. The van der Waals surface area contributed by atoms with Gasteiger partial charge in [-0.1, -0.05) is 0 Å². The van der Waals surface area contributed by atoms with E-state index in [-0.39, 0.29) is 6.17 Å². The average Bonchev–Trinajstić information content (AvgIpc) is 2.51. The predicted molar refractivity (Wildman–Crippen MR) is 52.9 cm³/mol. The summed E-state index contributed by atoms with van der Waals surface area (Å²) >= 11 is 1.69. The van der Waals surface area contributed by atoms with Gasteiger partial charge >= 0.3 is 0 Å². The van der Waals surface area contributed by atoms with Crippen molar-refractivity contribution < 1.29 is 0 Å². The smallest absolute Gasteiger partial charge is 0.0792 e. The first kappa shape index (κ1) is 9.67. The van der Waals surface area contributed by atoms with Gasteiger partial charge in [0.1, 0.15) is 0 Å². The summed E-state index contributed by atoms with van der Waals surface area (Å²) in [6, 6.07) is 2.43. The second kappa shape index (κ2) is 4.00. The molecule has 4 heteroatoms. The molecule has 1 aromatic rings. The Hall–Kier alpha value is -0.420. The maximum absolute atomic E-state index is 5.53. The summed E-state index contributed by atoms with van der Waals surface area (Å²) in [6.45, 7) is 2.11. The van der Waals surface area contributed by atoms with Crippen LogP contribution in [0.4, 0.5) is 0 Å². The van der Waals surface area contributed by atoms with E-state index in [2.05, 4.69) is 18.3 Å². The number of thiophene rings is 1. The molecule has 0 unspecified atom stereocenters. The van der Waals surface area contributed by atoms with E-state index in [1.165, 1.54) is 4.88 Å². The number of hydrogen-bond acceptors (Lipinski definition) is 4. The highest BCUT2D eigenvalue weighted by Gasteiger charge is 2.07. The van der Waals surface area contributed by atoms with Gasteiger partial charge in [-0.3, -0.25) is 0 Å². The molecule has 0 radical (unpaired) electrons. The molecule has 0 aliphatic heterocycles. The summed E-state index contributed by atoms with van der Waals surface area (Å²) < 4.78 is 0. The molecule has 0 aromatic carbocycles. The summed E-state index contributed by atoms with van der Waals surface area (Å²) in [5.41, 5.74) is 12.1. The lowest BCUT2D eigenvalue weighted by Crippen LogP contribution is -2.19. The Labute approximate surface area is 76.8 Å². The Bertz CT molecular complexity index is 244. The Morgan fingerprint density at radius 1 is 1.50 bits per heavy atom. The van der Waals surface area contributed by atoms with Crippen LogP contribution >= 0.6 is 11.3 Å². The summed E-state index contributed by atoms with van der Waals surface area (Å²) in [5.74, 6) is 0. The maximum Gasteiger partial charge on any atom is 0.0792 e. The molecule has 0 saturated heterocycles. The molecule has 0 spiro atoms. The predicted octanol–water partition coefficient (Wildman–Crippen LogP) is 0.944. The molecule has 12 heavy (non-hydrogen) atoms. The molecule has 0 aliphatic rings. The molecule has 0 saturated carbocycles. The van der Waals surface area contributed by atoms with Gasteiger partial charge in [0.05, 0.1) is 6.17 Å². The van der Waals surface area contributed by atoms with Gasteiger partial charge < -0.3 is 16.8 Å². The zero-order valence-electron chi connectivity index (χ0n) is 7.37. The largest absolute Gasteiger partial charge is 0.313 e. The van der Waals surface area contributed by atoms with Gasteiger partial charge in [0, 0.05) is 10.9 Å². The number of nitrogens with two attached hydrogens (primary N) is 2. The van der Waals surface area contributed by atoms with Crippen LogP contribution in [0, 0.1) is 0 Å². The number of rotatable bonds is 3. The van der Waals surface area contributed by atoms with Gasteiger partial charge in [-0.05, 0) is 31.0 Å². The van der Waals surface area contributed by atoms with Gasteiger partial charge in [-0.2, -0.15) is 0 Å². The monoisotopic (exact) mass is 185 g/mol. The summed E-state index contributed by atoms with van der Waals surface area (Å²) in [4.78, 5) is 1.27. The van der Waals surface area contributed by atoms with Crippen molar-refractivity contribution >= 4 is 11.3 Å². The summed E-state index contributed by atoms with van der Waals surface area (Å²) in [5, 5.41) is 5.17. The Morgan fingerprint density at radius 2 is 2.17 bits per heavy atom. The second-order valence-corrected chi connectivity index (χ2v) is 3.76. The first-order chi connectivity index (χ1) is 5.65. The van der Waals surface area contributed by atoms with Crippen LogP contribution in [0.15, 0.2) is 11.4 Å². The highest BCUT2D eigenvalue weighted by atomic mass is 32.1. The molecule has 0 bridgehead atoms. The Balaban J connectivity index is 2.77. The van der Waals surface area contributed by atoms with Gasteiger partial charge in [0.25, 0.3) is 0 Å². The van der Waals surface area contributed by atoms with E-state index in [4.69, 9.17) is 11.5 Å². The molecule has 0 amide bonds. The van der Waals surface area contributed by atoms with Gasteiger partial charge in [0.2, 0.25) is 0 Å². The normalized spacial score (nSPS) is 13.8. The SMILES string of the molecule is CN[C@H](C)c1cc(C(N)N)cs1. The van der Waals surface area contributed by atoms with Crippen LogP contribution in [0.25, 0.3) is 0 Å². The van der Waals surface area contributed by atoms with Crippen molar-refractivity contribution in [3.63, 3.8) is 0 Å². The minimum atomic E-state index is -0.348. The van der Waals surface area contributed by atoms with E-state index in [1.807, 2.05) is 12.4 Å². The van der Waals surface area contributed by atoms with Gasteiger partial charge in [-0.15, -0.1) is 11.3 Å². The molecule has 5 N–H and O–H groups in total. The third kappa shape index (κ3) is 2.04. The minimum Gasteiger partial charge on any atom is -0.313 e. The van der Waals surface area contributed by atoms with E-state index in [0.29, 0.717) is 6.04 Å². The molecule has 3 nitrogen and oxygen atoms in total. The molecular formula is C8H15N3S. The van der Waals surface area contributed by atoms with Gasteiger partial charge in [0.15, 0.2) is 0 Å². The highest BCUT2D eigenvalue weighted by Crippen LogP contribution is 2.23. The zero-order chi connectivity index (χ0) is 9.14. The van der Waals surface area contributed by atoms with Crippen molar-refractivity contribution in [2.45, 2.75) is 19.1 Å². The third-order valence-electron chi connectivity index (χ3n) is 1.88. The highest BCUT2D eigenvalue weighted by molar-refractivity contribution is 7.10. The molecule has 1 rings (SSSR count). The Kier molecular flexibility index (Phi) is 3.22. The van der Waals surface area contributed by atoms with Crippen LogP contribution in [0.5, 0.6) is 0 Å². The van der Waals surface area contributed by atoms with Crippen LogP contribution in [0.1, 0.15) is 29.6 Å². The number of hydrogen-bond donors (Lipinski definition) is 3. The average molecular weight is 185 g/mol. The van der Waals surface area contributed by atoms with Crippen molar-refractivity contribution in [3.05, 3.63) is 21.9 Å². The first-order valence-corrected chi connectivity index (χ1v) is 4.80. The van der Waals surface area contributed by atoms with E-state index in [1.54, 1.807) is 11.3 Å². The van der Waals surface area contributed by atoms with E-state index < -0.39 is 0 Å². The molecular weight excluding hydrogens is 170 g/mol. The molecule has 1 heterocycles. The minimum absolute atomic E-state index is 0.348.